The van der Waals surface area contributed by atoms with Crippen molar-refractivity contribution in [1.82, 2.24) is 0 Å². The molecule has 62 valence electrons. The van der Waals surface area contributed by atoms with E-state index in [2.05, 4.69) is 9.05 Å². The molecule has 0 saturated carbocycles. The van der Waals surface area contributed by atoms with Crippen LogP contribution in [0.4, 0.5) is 0 Å². The third-order valence-electron chi connectivity index (χ3n) is 0.989. The molecule has 0 aromatic rings. The first kappa shape index (κ1) is 10.4. The first-order chi connectivity index (χ1) is 4.70. The van der Waals surface area contributed by atoms with Crippen LogP contribution in [-0.2, 0) is 18.2 Å². The smallest absolute Gasteiger partial charge is 0.191 e. The predicted molar refractivity (Wildman–Crippen MR) is 41.8 cm³/mol. The van der Waals surface area contributed by atoms with Crippen LogP contribution in [0.1, 0.15) is 0 Å². The fraction of sp³-hybridized carbons (Fsp3) is 1.00. The number of hydrogen-bond donors (Lipinski definition) is 0. The largest absolute Gasteiger partial charge is 0.334 e. The molecule has 6 heteroatoms. The minimum Gasteiger partial charge on any atom is -0.334 e. The van der Waals surface area contributed by atoms with Crippen molar-refractivity contribution in [2.24, 2.45) is 0 Å². The average Bonchev–Trinajstić information content (AvgIpc) is 1.99. The molecule has 0 saturated heterocycles. The van der Waals surface area contributed by atoms with Gasteiger partial charge in [0.25, 0.3) is 0 Å². The SMILES string of the molecule is CO[PH](=O)CC[PH](=O)OC. The van der Waals surface area contributed by atoms with E-state index in [1.165, 1.54) is 14.2 Å². The summed E-state index contributed by atoms with van der Waals surface area (Å²) in [6, 6.07) is 0. The van der Waals surface area contributed by atoms with Crippen LogP contribution in [0.15, 0.2) is 0 Å². The normalized spacial score (nSPS) is 16.6. The van der Waals surface area contributed by atoms with Crippen LogP contribution < -0.4 is 0 Å². The summed E-state index contributed by atoms with van der Waals surface area (Å²) in [5, 5.41) is 0. The summed E-state index contributed by atoms with van der Waals surface area (Å²) in [7, 11) is -1.12. The predicted octanol–water partition coefficient (Wildman–Crippen LogP) is 1.23. The van der Waals surface area contributed by atoms with E-state index in [0.29, 0.717) is 12.3 Å². The zero-order valence-corrected chi connectivity index (χ0v) is 8.05. The summed E-state index contributed by atoms with van der Waals surface area (Å²) in [5.41, 5.74) is 0. The molecule has 0 radical (unpaired) electrons. The fourth-order valence-corrected chi connectivity index (χ4v) is 2.45. The lowest BCUT2D eigenvalue weighted by Gasteiger charge is -1.97. The van der Waals surface area contributed by atoms with Gasteiger partial charge in [0.15, 0.2) is 16.1 Å². The number of hydrogen-bond acceptors (Lipinski definition) is 4. The van der Waals surface area contributed by atoms with Crippen molar-refractivity contribution in [1.29, 1.82) is 0 Å². The molecule has 0 aliphatic heterocycles. The Kier molecular flexibility index (Phi) is 6.35. The van der Waals surface area contributed by atoms with Gasteiger partial charge in [-0.15, -0.1) is 0 Å². The monoisotopic (exact) mass is 186 g/mol. The van der Waals surface area contributed by atoms with Gasteiger partial charge in [0.05, 0.1) is 0 Å². The van der Waals surface area contributed by atoms with Gasteiger partial charge in [0, 0.05) is 26.5 Å². The van der Waals surface area contributed by atoms with Crippen LogP contribution in [0.3, 0.4) is 0 Å². The highest BCUT2D eigenvalue weighted by Crippen LogP contribution is 2.27. The molecule has 0 aromatic carbocycles. The lowest BCUT2D eigenvalue weighted by Crippen LogP contribution is -1.84. The topological polar surface area (TPSA) is 52.6 Å². The lowest BCUT2D eigenvalue weighted by molar-refractivity contribution is 0.407. The van der Waals surface area contributed by atoms with E-state index >= 15 is 0 Å². The molecule has 0 aliphatic rings. The van der Waals surface area contributed by atoms with Crippen LogP contribution >= 0.6 is 16.1 Å². The van der Waals surface area contributed by atoms with Gasteiger partial charge in [-0.25, -0.2) is 0 Å². The van der Waals surface area contributed by atoms with Crippen LogP contribution in [0.5, 0.6) is 0 Å². The Balaban J connectivity index is 3.35. The van der Waals surface area contributed by atoms with Crippen LogP contribution in [0, 0.1) is 0 Å². The molecule has 0 rings (SSSR count). The van der Waals surface area contributed by atoms with Gasteiger partial charge in [-0.3, -0.25) is 9.13 Å². The van der Waals surface area contributed by atoms with E-state index in [1.54, 1.807) is 0 Å². The molecular formula is C4H12O4P2. The van der Waals surface area contributed by atoms with Crippen molar-refractivity contribution in [2.75, 3.05) is 26.5 Å². The van der Waals surface area contributed by atoms with Gasteiger partial charge in [-0.1, -0.05) is 0 Å². The maximum atomic E-state index is 10.6. The second-order valence-electron chi connectivity index (χ2n) is 1.65. The summed E-state index contributed by atoms with van der Waals surface area (Å²) < 4.78 is 30.3. The van der Waals surface area contributed by atoms with E-state index < -0.39 is 16.1 Å². The molecule has 0 bridgehead atoms. The first-order valence-electron chi connectivity index (χ1n) is 2.84. The summed E-state index contributed by atoms with van der Waals surface area (Å²) in [5.74, 6) is 0. The molecular weight excluding hydrogens is 174 g/mol. The third-order valence-corrected chi connectivity index (χ3v) is 3.72. The Bertz CT molecular complexity index is 119. The second-order valence-corrected chi connectivity index (χ2v) is 4.96. The zero-order chi connectivity index (χ0) is 7.98. The molecule has 2 atom stereocenters. The highest BCUT2D eigenvalue weighted by Gasteiger charge is 2.00. The first-order valence-corrected chi connectivity index (χ1v) is 5.89. The fourth-order valence-electron chi connectivity index (χ4n) is 0.408. The minimum atomic E-state index is -1.94. The minimum absolute atomic E-state index is 0.354. The standard InChI is InChI=1S/C4H12O4P2/c1-7-9(5)3-4-10(6)8-2/h9-10H,3-4H2,1-2H3. The lowest BCUT2D eigenvalue weighted by atomic mass is 11.0. The van der Waals surface area contributed by atoms with Crippen molar-refractivity contribution >= 4 is 16.1 Å². The van der Waals surface area contributed by atoms with Gasteiger partial charge in [-0.05, 0) is 0 Å². The summed E-state index contributed by atoms with van der Waals surface area (Å²) >= 11 is 0. The Morgan fingerprint density at radius 2 is 1.30 bits per heavy atom. The maximum absolute atomic E-state index is 10.6. The Morgan fingerprint density at radius 3 is 1.50 bits per heavy atom. The molecule has 2 unspecified atom stereocenters. The molecule has 0 amide bonds. The summed E-state index contributed by atoms with van der Waals surface area (Å²) in [4.78, 5) is 0. The average molecular weight is 186 g/mol. The van der Waals surface area contributed by atoms with Crippen molar-refractivity contribution in [3.8, 4) is 0 Å². The molecule has 0 aliphatic carbocycles. The summed E-state index contributed by atoms with van der Waals surface area (Å²) in [6.07, 6.45) is 0.708. The molecule has 0 aromatic heterocycles. The van der Waals surface area contributed by atoms with E-state index in [4.69, 9.17) is 0 Å². The van der Waals surface area contributed by atoms with Crippen LogP contribution in [-0.4, -0.2) is 26.5 Å². The van der Waals surface area contributed by atoms with Gasteiger partial charge in [0.1, 0.15) is 0 Å². The molecule has 0 fully saturated rings. The number of rotatable bonds is 5. The summed E-state index contributed by atoms with van der Waals surface area (Å²) in [6.45, 7) is 0. The maximum Gasteiger partial charge on any atom is 0.191 e. The highest BCUT2D eigenvalue weighted by atomic mass is 31.1. The molecule has 0 spiro atoms. The zero-order valence-electron chi connectivity index (χ0n) is 6.05. The molecule has 0 heterocycles. The second kappa shape index (κ2) is 6.11. The quantitative estimate of drug-likeness (QED) is 0.606. The van der Waals surface area contributed by atoms with Gasteiger partial charge < -0.3 is 9.05 Å². The van der Waals surface area contributed by atoms with Crippen molar-refractivity contribution in [3.63, 3.8) is 0 Å². The third kappa shape index (κ3) is 5.19. The van der Waals surface area contributed by atoms with Gasteiger partial charge in [0.2, 0.25) is 0 Å². The van der Waals surface area contributed by atoms with Crippen molar-refractivity contribution in [2.45, 2.75) is 0 Å². The van der Waals surface area contributed by atoms with Gasteiger partial charge in [-0.2, -0.15) is 0 Å². The Labute approximate surface area is 61.6 Å². The molecule has 10 heavy (non-hydrogen) atoms. The molecule has 4 nitrogen and oxygen atoms in total. The van der Waals surface area contributed by atoms with E-state index in [9.17, 15) is 9.13 Å². The van der Waals surface area contributed by atoms with Crippen LogP contribution in [0.2, 0.25) is 0 Å². The Morgan fingerprint density at radius 1 is 1.00 bits per heavy atom. The molecule has 0 N–H and O–H groups in total. The van der Waals surface area contributed by atoms with Crippen molar-refractivity contribution < 1.29 is 18.2 Å². The Hall–Kier alpha value is 0.380. The van der Waals surface area contributed by atoms with E-state index in [1.807, 2.05) is 0 Å². The van der Waals surface area contributed by atoms with Crippen molar-refractivity contribution in [3.05, 3.63) is 0 Å². The van der Waals surface area contributed by atoms with E-state index in [0.717, 1.165) is 0 Å². The van der Waals surface area contributed by atoms with Gasteiger partial charge >= 0.3 is 0 Å². The highest BCUT2D eigenvalue weighted by molar-refractivity contribution is 7.43. The van der Waals surface area contributed by atoms with E-state index in [-0.39, 0.29) is 0 Å². The van der Waals surface area contributed by atoms with Crippen LogP contribution in [0.25, 0.3) is 0 Å².